The number of terminal acetylenes is 1. The highest BCUT2D eigenvalue weighted by Crippen LogP contribution is 2.09. The SMILES string of the molecule is C#CCCCCC(=O)Nc1[nH]ncc1C. The van der Waals surface area contributed by atoms with Crippen molar-refractivity contribution >= 4 is 11.7 Å². The predicted octanol–water partition coefficient (Wildman–Crippen LogP) is 1.85. The third-order valence-corrected chi connectivity index (χ3v) is 2.07. The van der Waals surface area contributed by atoms with E-state index in [9.17, 15) is 4.79 Å². The third-order valence-electron chi connectivity index (χ3n) is 2.07. The third kappa shape index (κ3) is 3.86. The van der Waals surface area contributed by atoms with Gasteiger partial charge in [0.15, 0.2) is 0 Å². The van der Waals surface area contributed by atoms with Crippen molar-refractivity contribution in [3.05, 3.63) is 11.8 Å². The topological polar surface area (TPSA) is 57.8 Å². The molecule has 0 fully saturated rings. The molecule has 0 saturated heterocycles. The Bertz CT molecular complexity index is 362. The van der Waals surface area contributed by atoms with Gasteiger partial charge in [-0.15, -0.1) is 12.3 Å². The van der Waals surface area contributed by atoms with E-state index < -0.39 is 0 Å². The average Bonchev–Trinajstić information content (AvgIpc) is 2.59. The van der Waals surface area contributed by atoms with Gasteiger partial charge in [0.1, 0.15) is 5.82 Å². The predicted molar refractivity (Wildman–Crippen MR) is 59.3 cm³/mol. The molecule has 4 nitrogen and oxygen atoms in total. The van der Waals surface area contributed by atoms with E-state index in [-0.39, 0.29) is 5.91 Å². The van der Waals surface area contributed by atoms with Crippen LogP contribution in [0.25, 0.3) is 0 Å². The summed E-state index contributed by atoms with van der Waals surface area (Å²) in [5, 5.41) is 9.30. The smallest absolute Gasteiger partial charge is 0.225 e. The quantitative estimate of drug-likeness (QED) is 0.569. The number of carbonyl (C=O) groups excluding carboxylic acids is 1. The van der Waals surface area contributed by atoms with Crippen molar-refractivity contribution < 1.29 is 4.79 Å². The van der Waals surface area contributed by atoms with Crippen LogP contribution >= 0.6 is 0 Å². The number of aromatic nitrogens is 2. The Balaban J connectivity index is 2.25. The molecule has 15 heavy (non-hydrogen) atoms. The molecule has 1 aromatic heterocycles. The molecule has 80 valence electrons. The minimum absolute atomic E-state index is 0.000582. The summed E-state index contributed by atoms with van der Waals surface area (Å²) in [5.41, 5.74) is 0.937. The van der Waals surface area contributed by atoms with E-state index in [0.29, 0.717) is 12.2 Å². The number of unbranched alkanes of at least 4 members (excludes halogenated alkanes) is 2. The van der Waals surface area contributed by atoms with Crippen molar-refractivity contribution in [1.29, 1.82) is 0 Å². The van der Waals surface area contributed by atoms with Crippen molar-refractivity contribution in [2.24, 2.45) is 0 Å². The molecule has 0 radical (unpaired) electrons. The van der Waals surface area contributed by atoms with Crippen LogP contribution in [-0.2, 0) is 4.79 Å². The lowest BCUT2D eigenvalue weighted by atomic mass is 10.2. The maximum atomic E-state index is 11.4. The van der Waals surface area contributed by atoms with Gasteiger partial charge in [-0.05, 0) is 19.8 Å². The summed E-state index contributed by atoms with van der Waals surface area (Å²) in [6, 6.07) is 0. The molecule has 0 saturated carbocycles. The van der Waals surface area contributed by atoms with E-state index in [2.05, 4.69) is 21.4 Å². The first-order valence-electron chi connectivity index (χ1n) is 4.97. The number of carbonyl (C=O) groups is 1. The molecule has 0 aliphatic rings. The zero-order chi connectivity index (χ0) is 11.1. The Morgan fingerprint density at radius 2 is 2.47 bits per heavy atom. The van der Waals surface area contributed by atoms with Crippen LogP contribution in [0, 0.1) is 19.3 Å². The number of amides is 1. The Morgan fingerprint density at radius 1 is 1.67 bits per heavy atom. The molecule has 0 spiro atoms. The highest BCUT2D eigenvalue weighted by Gasteiger charge is 2.05. The summed E-state index contributed by atoms with van der Waals surface area (Å²) >= 11 is 0. The van der Waals surface area contributed by atoms with Crippen LogP contribution in [0.1, 0.15) is 31.2 Å². The molecule has 1 rings (SSSR count). The van der Waals surface area contributed by atoms with E-state index in [1.807, 2.05) is 6.92 Å². The zero-order valence-corrected chi connectivity index (χ0v) is 8.84. The van der Waals surface area contributed by atoms with Crippen molar-refractivity contribution in [3.8, 4) is 12.3 Å². The number of aryl methyl sites for hydroxylation is 1. The Morgan fingerprint density at radius 3 is 3.07 bits per heavy atom. The molecule has 0 aromatic carbocycles. The average molecular weight is 205 g/mol. The van der Waals surface area contributed by atoms with E-state index in [0.717, 1.165) is 24.8 Å². The van der Waals surface area contributed by atoms with Crippen molar-refractivity contribution in [1.82, 2.24) is 10.2 Å². The van der Waals surface area contributed by atoms with Crippen LogP contribution in [-0.4, -0.2) is 16.1 Å². The number of rotatable bonds is 5. The summed E-state index contributed by atoms with van der Waals surface area (Å²) in [4.78, 5) is 11.4. The van der Waals surface area contributed by atoms with E-state index in [1.165, 1.54) is 0 Å². The molecule has 0 aliphatic carbocycles. The molecule has 0 aliphatic heterocycles. The molecule has 1 aromatic rings. The number of aromatic amines is 1. The second-order valence-electron chi connectivity index (χ2n) is 3.39. The fourth-order valence-electron chi connectivity index (χ4n) is 1.19. The fourth-order valence-corrected chi connectivity index (χ4v) is 1.19. The first-order chi connectivity index (χ1) is 7.24. The van der Waals surface area contributed by atoms with Crippen molar-refractivity contribution in [2.45, 2.75) is 32.6 Å². The van der Waals surface area contributed by atoms with Gasteiger partial charge in [0.25, 0.3) is 0 Å². The maximum Gasteiger partial charge on any atom is 0.225 e. The summed E-state index contributed by atoms with van der Waals surface area (Å²) in [6.07, 6.45) is 9.74. The van der Waals surface area contributed by atoms with Gasteiger partial charge in [-0.25, -0.2) is 0 Å². The van der Waals surface area contributed by atoms with Gasteiger partial charge < -0.3 is 5.32 Å². The van der Waals surface area contributed by atoms with Crippen molar-refractivity contribution in [3.63, 3.8) is 0 Å². The number of H-pyrrole nitrogens is 1. The van der Waals surface area contributed by atoms with Gasteiger partial charge in [-0.3, -0.25) is 9.89 Å². The minimum atomic E-state index is -0.000582. The van der Waals surface area contributed by atoms with E-state index >= 15 is 0 Å². The normalized spacial score (nSPS) is 9.60. The number of nitrogens with one attached hydrogen (secondary N) is 2. The number of anilines is 1. The summed E-state index contributed by atoms with van der Waals surface area (Å²) in [5.74, 6) is 3.23. The highest BCUT2D eigenvalue weighted by molar-refractivity contribution is 5.90. The molecule has 0 atom stereocenters. The number of hydrogen-bond acceptors (Lipinski definition) is 2. The summed E-state index contributed by atoms with van der Waals surface area (Å²) in [6.45, 7) is 1.89. The fraction of sp³-hybridized carbons (Fsp3) is 0.455. The van der Waals surface area contributed by atoms with Crippen LogP contribution in [0.4, 0.5) is 5.82 Å². The van der Waals surface area contributed by atoms with Crippen LogP contribution in [0.2, 0.25) is 0 Å². The van der Waals surface area contributed by atoms with Gasteiger partial charge in [-0.2, -0.15) is 5.10 Å². The molecule has 0 unspecified atom stereocenters. The molecule has 2 N–H and O–H groups in total. The van der Waals surface area contributed by atoms with Gasteiger partial charge in [0, 0.05) is 18.4 Å². The Labute approximate surface area is 89.5 Å². The molecule has 4 heteroatoms. The van der Waals surface area contributed by atoms with E-state index in [4.69, 9.17) is 6.42 Å². The zero-order valence-electron chi connectivity index (χ0n) is 8.84. The maximum absolute atomic E-state index is 11.4. The lowest BCUT2D eigenvalue weighted by Crippen LogP contribution is -2.12. The van der Waals surface area contributed by atoms with Crippen LogP contribution in [0.3, 0.4) is 0 Å². The van der Waals surface area contributed by atoms with Crippen molar-refractivity contribution in [2.75, 3.05) is 5.32 Å². The molecular formula is C11H15N3O. The monoisotopic (exact) mass is 205 g/mol. The first-order valence-corrected chi connectivity index (χ1v) is 4.97. The second kappa shape index (κ2) is 5.86. The molecular weight excluding hydrogens is 190 g/mol. The van der Waals surface area contributed by atoms with Crippen LogP contribution < -0.4 is 5.32 Å². The van der Waals surface area contributed by atoms with Gasteiger partial charge in [-0.1, -0.05) is 0 Å². The largest absolute Gasteiger partial charge is 0.311 e. The summed E-state index contributed by atoms with van der Waals surface area (Å²) < 4.78 is 0. The minimum Gasteiger partial charge on any atom is -0.311 e. The number of hydrogen-bond donors (Lipinski definition) is 2. The highest BCUT2D eigenvalue weighted by atomic mass is 16.1. The van der Waals surface area contributed by atoms with Gasteiger partial charge >= 0.3 is 0 Å². The Kier molecular flexibility index (Phi) is 4.42. The van der Waals surface area contributed by atoms with Crippen LogP contribution in [0.15, 0.2) is 6.20 Å². The standard InChI is InChI=1S/C11H15N3O/c1-3-4-5-6-7-10(15)13-11-9(2)8-12-14-11/h1,8H,4-7H2,2H3,(H2,12,13,14,15). The second-order valence-corrected chi connectivity index (χ2v) is 3.39. The Hall–Kier alpha value is -1.76. The first kappa shape index (κ1) is 11.3. The van der Waals surface area contributed by atoms with Gasteiger partial charge in [0.05, 0.1) is 6.20 Å². The molecule has 0 bridgehead atoms. The van der Waals surface area contributed by atoms with Gasteiger partial charge in [0.2, 0.25) is 5.91 Å². The lowest BCUT2D eigenvalue weighted by molar-refractivity contribution is -0.116. The summed E-state index contributed by atoms with van der Waals surface area (Å²) in [7, 11) is 0. The van der Waals surface area contributed by atoms with Crippen LogP contribution in [0.5, 0.6) is 0 Å². The molecule has 1 heterocycles. The lowest BCUT2D eigenvalue weighted by Gasteiger charge is -2.02. The number of nitrogens with zero attached hydrogens (tertiary/aromatic N) is 1. The molecule has 1 amide bonds. The van der Waals surface area contributed by atoms with E-state index in [1.54, 1.807) is 6.20 Å².